The summed E-state index contributed by atoms with van der Waals surface area (Å²) in [7, 11) is 0. The predicted molar refractivity (Wildman–Crippen MR) is 110 cm³/mol. The van der Waals surface area contributed by atoms with Crippen molar-refractivity contribution in [2.45, 2.75) is 46.1 Å². The molecule has 4 N–H and O–H groups in total. The second-order valence-corrected chi connectivity index (χ2v) is 7.31. The first-order valence-electron chi connectivity index (χ1n) is 9.25. The molecule has 0 bridgehead atoms. The van der Waals surface area contributed by atoms with Gasteiger partial charge in [0.25, 0.3) is 0 Å². The van der Waals surface area contributed by atoms with Gasteiger partial charge >= 0.3 is 0 Å². The third-order valence-corrected chi connectivity index (χ3v) is 3.79. The monoisotopic (exact) mass is 367 g/mol. The topological polar surface area (TPSA) is 104 Å². The van der Waals surface area contributed by atoms with E-state index in [-0.39, 0.29) is 5.54 Å². The number of nitrogens with two attached hydrogens (primary N) is 1. The lowest BCUT2D eigenvalue weighted by molar-refractivity contribution is 0.501. The molecule has 7 nitrogen and oxygen atoms in total. The molecule has 2 aromatic rings. The molecule has 144 valence electrons. The molecule has 7 heteroatoms. The van der Waals surface area contributed by atoms with Crippen molar-refractivity contribution in [3.05, 3.63) is 41.6 Å². The first-order chi connectivity index (χ1) is 12.9. The zero-order valence-electron chi connectivity index (χ0n) is 16.6. The van der Waals surface area contributed by atoms with Crippen LogP contribution in [0.1, 0.15) is 45.4 Å². The van der Waals surface area contributed by atoms with Crippen LogP contribution in [0.5, 0.6) is 0 Å². The normalized spacial score (nSPS) is 11.9. The summed E-state index contributed by atoms with van der Waals surface area (Å²) in [5.41, 5.74) is 8.09. The average Bonchev–Trinajstić information content (AvgIpc) is 2.94. The summed E-state index contributed by atoms with van der Waals surface area (Å²) < 4.78 is 1.63. The van der Waals surface area contributed by atoms with Crippen LogP contribution < -0.4 is 16.4 Å². The number of anilines is 1. The highest BCUT2D eigenvalue weighted by Gasteiger charge is 2.16. The zero-order chi connectivity index (χ0) is 19.9. The van der Waals surface area contributed by atoms with E-state index in [4.69, 9.17) is 5.73 Å². The Bertz CT molecular complexity index is 807. The summed E-state index contributed by atoms with van der Waals surface area (Å²) in [6.07, 6.45) is 1.42. The van der Waals surface area contributed by atoms with Crippen molar-refractivity contribution in [3.63, 3.8) is 0 Å². The van der Waals surface area contributed by atoms with E-state index in [2.05, 4.69) is 47.6 Å². The second-order valence-electron chi connectivity index (χ2n) is 7.31. The molecule has 0 unspecified atom stereocenters. The summed E-state index contributed by atoms with van der Waals surface area (Å²) in [4.78, 5) is 4.60. The minimum Gasteiger partial charge on any atom is -0.382 e. The summed E-state index contributed by atoms with van der Waals surface area (Å²) in [5, 5.41) is 20.6. The highest BCUT2D eigenvalue weighted by molar-refractivity contribution is 5.80. The molecule has 0 fully saturated rings. The van der Waals surface area contributed by atoms with E-state index < -0.39 is 0 Å². The van der Waals surface area contributed by atoms with Gasteiger partial charge in [0.2, 0.25) is 0 Å². The number of para-hydroxylation sites is 1. The van der Waals surface area contributed by atoms with Crippen molar-refractivity contribution in [1.82, 2.24) is 20.4 Å². The van der Waals surface area contributed by atoms with Gasteiger partial charge in [0.15, 0.2) is 5.96 Å². The van der Waals surface area contributed by atoms with Crippen LogP contribution in [0.15, 0.2) is 35.3 Å². The lowest BCUT2D eigenvalue weighted by atomic mass is 10.1. The van der Waals surface area contributed by atoms with Gasteiger partial charge < -0.3 is 16.4 Å². The third kappa shape index (κ3) is 5.74. The molecule has 27 heavy (non-hydrogen) atoms. The van der Waals surface area contributed by atoms with Crippen LogP contribution in [0.4, 0.5) is 5.82 Å². The van der Waals surface area contributed by atoms with Crippen molar-refractivity contribution in [1.29, 1.82) is 5.26 Å². The Morgan fingerprint density at radius 2 is 2.00 bits per heavy atom. The van der Waals surface area contributed by atoms with Crippen LogP contribution in [0.3, 0.4) is 0 Å². The standard InChI is InChI=1S/C20H29N7/c1-5-23-19(25-20(2,3)4)24-13-9-12-17-16(14-21)18(22)27(26-17)15-10-7-6-8-11-15/h6-8,10-11H,5,9,12-13,22H2,1-4H3,(H2,23,24,25). The third-order valence-electron chi connectivity index (χ3n) is 3.79. The number of guanidine groups is 1. The smallest absolute Gasteiger partial charge is 0.191 e. The van der Waals surface area contributed by atoms with Crippen LogP contribution >= 0.6 is 0 Å². The quantitative estimate of drug-likeness (QED) is 0.414. The maximum Gasteiger partial charge on any atom is 0.191 e. The molecule has 0 aliphatic carbocycles. The molecule has 2 rings (SSSR count). The summed E-state index contributed by atoms with van der Waals surface area (Å²) >= 11 is 0. The molecule has 0 spiro atoms. The minimum atomic E-state index is -0.0576. The Kier molecular flexibility index (Phi) is 6.83. The van der Waals surface area contributed by atoms with E-state index in [0.29, 0.717) is 30.0 Å². The lowest BCUT2D eigenvalue weighted by Crippen LogP contribution is -2.47. The van der Waals surface area contributed by atoms with Crippen molar-refractivity contribution in [3.8, 4) is 11.8 Å². The van der Waals surface area contributed by atoms with E-state index in [1.165, 1.54) is 0 Å². The number of nitrogens with zero attached hydrogens (tertiary/aromatic N) is 4. The zero-order valence-corrected chi connectivity index (χ0v) is 16.6. The molecular weight excluding hydrogens is 338 g/mol. The van der Waals surface area contributed by atoms with Gasteiger partial charge in [0.05, 0.1) is 11.4 Å². The van der Waals surface area contributed by atoms with Gasteiger partial charge in [-0.05, 0) is 52.7 Å². The first-order valence-corrected chi connectivity index (χ1v) is 9.25. The van der Waals surface area contributed by atoms with Crippen molar-refractivity contribution in [2.75, 3.05) is 18.8 Å². The molecule has 0 saturated heterocycles. The molecule has 1 heterocycles. The SMILES string of the molecule is CCNC(=NCCCc1nn(-c2ccccc2)c(N)c1C#N)NC(C)(C)C. The number of nitrogens with one attached hydrogen (secondary N) is 2. The molecule has 0 radical (unpaired) electrons. The minimum absolute atomic E-state index is 0.0576. The van der Waals surface area contributed by atoms with Gasteiger partial charge in [-0.25, -0.2) is 4.68 Å². The molecule has 0 amide bonds. The van der Waals surface area contributed by atoms with Crippen LogP contribution in [-0.4, -0.2) is 34.4 Å². The maximum atomic E-state index is 9.47. The number of rotatable bonds is 6. The lowest BCUT2D eigenvalue weighted by Gasteiger charge is -2.23. The number of aromatic nitrogens is 2. The van der Waals surface area contributed by atoms with E-state index in [1.54, 1.807) is 4.68 Å². The van der Waals surface area contributed by atoms with Crippen LogP contribution in [0, 0.1) is 11.3 Å². The van der Waals surface area contributed by atoms with Crippen LogP contribution in [0.2, 0.25) is 0 Å². The number of benzene rings is 1. The van der Waals surface area contributed by atoms with Crippen molar-refractivity contribution in [2.24, 2.45) is 4.99 Å². The summed E-state index contributed by atoms with van der Waals surface area (Å²) in [6, 6.07) is 11.8. The molecule has 1 aromatic carbocycles. The maximum absolute atomic E-state index is 9.47. The number of aryl methyl sites for hydroxylation is 1. The van der Waals surface area contributed by atoms with Gasteiger partial charge in [-0.15, -0.1) is 0 Å². The van der Waals surface area contributed by atoms with Crippen LogP contribution in [-0.2, 0) is 6.42 Å². The van der Waals surface area contributed by atoms with E-state index in [0.717, 1.165) is 24.6 Å². The molecular formula is C20H29N7. The summed E-state index contributed by atoms with van der Waals surface area (Å²) in [6.45, 7) is 9.76. The van der Waals surface area contributed by atoms with Gasteiger partial charge in [0.1, 0.15) is 17.5 Å². The fourth-order valence-corrected chi connectivity index (χ4v) is 2.64. The van der Waals surface area contributed by atoms with E-state index in [1.807, 2.05) is 37.3 Å². The first kappa shape index (κ1) is 20.3. The Morgan fingerprint density at radius 3 is 2.59 bits per heavy atom. The Labute approximate surface area is 161 Å². The van der Waals surface area contributed by atoms with Gasteiger partial charge in [-0.1, -0.05) is 18.2 Å². The molecule has 0 atom stereocenters. The predicted octanol–water partition coefficient (Wildman–Crippen LogP) is 2.61. The highest BCUT2D eigenvalue weighted by Crippen LogP contribution is 2.21. The van der Waals surface area contributed by atoms with Crippen molar-refractivity contribution < 1.29 is 0 Å². The average molecular weight is 368 g/mol. The largest absolute Gasteiger partial charge is 0.382 e. The second kappa shape index (κ2) is 9.08. The summed E-state index contributed by atoms with van der Waals surface area (Å²) in [5.74, 6) is 1.17. The number of hydrogen-bond donors (Lipinski definition) is 3. The van der Waals surface area contributed by atoms with E-state index in [9.17, 15) is 5.26 Å². The number of nitrogen functional groups attached to an aromatic ring is 1. The Morgan fingerprint density at radius 1 is 1.30 bits per heavy atom. The fraction of sp³-hybridized carbons (Fsp3) is 0.450. The van der Waals surface area contributed by atoms with Gasteiger partial charge in [0, 0.05) is 18.6 Å². The molecule has 1 aromatic heterocycles. The highest BCUT2D eigenvalue weighted by atomic mass is 15.3. The number of nitriles is 1. The molecule has 0 saturated carbocycles. The number of aliphatic imine (C=N–C) groups is 1. The Balaban J connectivity index is 2.07. The van der Waals surface area contributed by atoms with Crippen LogP contribution in [0.25, 0.3) is 5.69 Å². The van der Waals surface area contributed by atoms with Gasteiger partial charge in [-0.2, -0.15) is 10.4 Å². The van der Waals surface area contributed by atoms with Crippen molar-refractivity contribution >= 4 is 11.8 Å². The molecule has 0 aliphatic heterocycles. The number of hydrogen-bond acceptors (Lipinski definition) is 4. The Hall–Kier alpha value is -3.01. The molecule has 0 aliphatic rings. The fourth-order valence-electron chi connectivity index (χ4n) is 2.64. The van der Waals surface area contributed by atoms with E-state index >= 15 is 0 Å². The van der Waals surface area contributed by atoms with Gasteiger partial charge in [-0.3, -0.25) is 4.99 Å².